The summed E-state index contributed by atoms with van der Waals surface area (Å²) in [4.78, 5) is 28.2. The summed E-state index contributed by atoms with van der Waals surface area (Å²) in [5.41, 5.74) is 2.30. The van der Waals surface area contributed by atoms with Crippen LogP contribution in [0, 0.1) is 5.92 Å². The Kier molecular flexibility index (Phi) is 10.2. The van der Waals surface area contributed by atoms with Crippen molar-refractivity contribution in [3.05, 3.63) is 84.2 Å². The molecule has 41 heavy (non-hydrogen) atoms. The Bertz CT molecular complexity index is 1250. The zero-order valence-electron chi connectivity index (χ0n) is 24.0. The minimum atomic E-state index is 0.0691. The lowest BCUT2D eigenvalue weighted by atomic mass is 9.90. The first-order valence-electron chi connectivity index (χ1n) is 14.7. The van der Waals surface area contributed by atoms with Gasteiger partial charge in [0.05, 0.1) is 13.7 Å². The average Bonchev–Trinajstić information content (AvgIpc) is 3.04. The largest absolute Gasteiger partial charge is 0.493 e. The van der Waals surface area contributed by atoms with Crippen LogP contribution in [-0.4, -0.2) is 85.2 Å². The van der Waals surface area contributed by atoms with Crippen molar-refractivity contribution in [1.82, 2.24) is 19.8 Å². The molecule has 5 rings (SSSR count). The van der Waals surface area contributed by atoms with Gasteiger partial charge in [-0.15, -0.1) is 0 Å². The van der Waals surface area contributed by atoms with E-state index in [1.807, 2.05) is 35.2 Å². The molecule has 0 unspecified atom stereocenters. The van der Waals surface area contributed by atoms with E-state index < -0.39 is 0 Å². The van der Waals surface area contributed by atoms with Gasteiger partial charge in [-0.2, -0.15) is 0 Å². The van der Waals surface area contributed by atoms with E-state index in [1.165, 1.54) is 5.56 Å². The lowest BCUT2D eigenvalue weighted by Gasteiger charge is -2.34. The van der Waals surface area contributed by atoms with Gasteiger partial charge in [0, 0.05) is 64.3 Å². The summed E-state index contributed by atoms with van der Waals surface area (Å²) in [5, 5.41) is 0. The molecule has 3 aromatic rings. The van der Waals surface area contributed by atoms with Crippen molar-refractivity contribution < 1.29 is 14.3 Å². The predicted molar refractivity (Wildman–Crippen MR) is 162 cm³/mol. The minimum Gasteiger partial charge on any atom is -0.493 e. The van der Waals surface area contributed by atoms with Crippen LogP contribution in [0.2, 0.25) is 0 Å². The van der Waals surface area contributed by atoms with Gasteiger partial charge >= 0.3 is 0 Å². The van der Waals surface area contributed by atoms with Crippen molar-refractivity contribution in [2.24, 2.45) is 5.92 Å². The molecule has 3 heterocycles. The van der Waals surface area contributed by atoms with E-state index in [0.29, 0.717) is 18.3 Å². The predicted octanol–water partition coefficient (Wildman–Crippen LogP) is 4.57. The topological polar surface area (TPSA) is 71.0 Å². The zero-order valence-corrected chi connectivity index (χ0v) is 24.0. The summed E-state index contributed by atoms with van der Waals surface area (Å²) in [6.45, 7) is 7.08. The standard InChI is InChI=1S/C33H41N5O3/c1-40-31-26-28(10-12-32(39)37-18-13-29(14-19-37)25-27-7-3-2-4-8-27)9-11-30(31)41-24-6-17-36-20-22-38(23-21-36)33-34-15-5-16-35-33/h2-5,7-12,15-16,26,29H,6,13-14,17-25H2,1H3/b12-10+. The third-order valence-corrected chi connectivity index (χ3v) is 7.98. The lowest BCUT2D eigenvalue weighted by Crippen LogP contribution is -2.47. The highest BCUT2D eigenvalue weighted by molar-refractivity contribution is 5.92. The number of nitrogens with zero attached hydrogens (tertiary/aromatic N) is 5. The van der Waals surface area contributed by atoms with Gasteiger partial charge in [-0.3, -0.25) is 9.69 Å². The Morgan fingerprint density at radius 1 is 0.927 bits per heavy atom. The van der Waals surface area contributed by atoms with Gasteiger partial charge < -0.3 is 19.3 Å². The fraction of sp³-hybridized carbons (Fsp3) is 0.424. The monoisotopic (exact) mass is 555 g/mol. The Balaban J connectivity index is 1.02. The number of piperidine rings is 1. The summed E-state index contributed by atoms with van der Waals surface area (Å²) in [7, 11) is 1.65. The first-order chi connectivity index (χ1) is 20.2. The van der Waals surface area contributed by atoms with Crippen LogP contribution in [-0.2, 0) is 11.2 Å². The van der Waals surface area contributed by atoms with E-state index in [9.17, 15) is 4.79 Å². The quantitative estimate of drug-likeness (QED) is 0.254. The van der Waals surface area contributed by atoms with Gasteiger partial charge in [0.25, 0.3) is 0 Å². The lowest BCUT2D eigenvalue weighted by molar-refractivity contribution is -0.127. The Hall–Kier alpha value is -3.91. The molecule has 0 bridgehead atoms. The first-order valence-corrected chi connectivity index (χ1v) is 14.7. The summed E-state index contributed by atoms with van der Waals surface area (Å²) >= 11 is 0. The van der Waals surface area contributed by atoms with Crippen molar-refractivity contribution in [2.75, 3.05) is 64.4 Å². The second kappa shape index (κ2) is 14.6. The van der Waals surface area contributed by atoms with Crippen molar-refractivity contribution >= 4 is 17.9 Å². The van der Waals surface area contributed by atoms with E-state index >= 15 is 0 Å². The van der Waals surface area contributed by atoms with Crippen LogP contribution in [0.1, 0.15) is 30.4 Å². The molecule has 0 N–H and O–H groups in total. The molecule has 0 aliphatic carbocycles. The number of hydrogen-bond donors (Lipinski definition) is 0. The highest BCUT2D eigenvalue weighted by Crippen LogP contribution is 2.29. The molecule has 1 aromatic heterocycles. The molecule has 0 saturated carbocycles. The molecule has 216 valence electrons. The van der Waals surface area contributed by atoms with Crippen LogP contribution in [0.3, 0.4) is 0 Å². The Morgan fingerprint density at radius 2 is 1.68 bits per heavy atom. The Morgan fingerprint density at radius 3 is 2.41 bits per heavy atom. The molecule has 2 saturated heterocycles. The zero-order chi connectivity index (χ0) is 28.3. The van der Waals surface area contributed by atoms with Crippen LogP contribution in [0.4, 0.5) is 5.95 Å². The molecule has 0 radical (unpaired) electrons. The second-order valence-electron chi connectivity index (χ2n) is 10.8. The van der Waals surface area contributed by atoms with Gasteiger partial charge in [0.1, 0.15) is 0 Å². The molecule has 8 heteroatoms. The number of carbonyl (C=O) groups excluding carboxylic acids is 1. The number of anilines is 1. The van der Waals surface area contributed by atoms with E-state index in [2.05, 4.69) is 50.1 Å². The maximum Gasteiger partial charge on any atom is 0.246 e. The third kappa shape index (κ3) is 8.30. The molecule has 1 amide bonds. The molecule has 8 nitrogen and oxygen atoms in total. The number of benzene rings is 2. The highest BCUT2D eigenvalue weighted by Gasteiger charge is 2.22. The van der Waals surface area contributed by atoms with Gasteiger partial charge in [-0.05, 0) is 67.0 Å². The van der Waals surface area contributed by atoms with E-state index in [0.717, 1.165) is 88.8 Å². The van der Waals surface area contributed by atoms with E-state index in [-0.39, 0.29) is 5.91 Å². The van der Waals surface area contributed by atoms with E-state index in [4.69, 9.17) is 9.47 Å². The average molecular weight is 556 g/mol. The van der Waals surface area contributed by atoms with Crippen molar-refractivity contribution in [3.8, 4) is 11.5 Å². The number of ether oxygens (including phenoxy) is 2. The van der Waals surface area contributed by atoms with Gasteiger partial charge in [-0.1, -0.05) is 36.4 Å². The molecular weight excluding hydrogens is 514 g/mol. The number of aromatic nitrogens is 2. The van der Waals surface area contributed by atoms with E-state index in [1.54, 1.807) is 25.6 Å². The van der Waals surface area contributed by atoms with Gasteiger partial charge in [-0.25, -0.2) is 9.97 Å². The van der Waals surface area contributed by atoms with Crippen LogP contribution < -0.4 is 14.4 Å². The fourth-order valence-corrected chi connectivity index (χ4v) is 5.58. The fourth-order valence-electron chi connectivity index (χ4n) is 5.58. The molecular formula is C33H41N5O3. The first kappa shape index (κ1) is 28.6. The number of likely N-dealkylation sites (tertiary alicyclic amines) is 1. The van der Waals surface area contributed by atoms with Gasteiger partial charge in [0.2, 0.25) is 11.9 Å². The minimum absolute atomic E-state index is 0.0691. The van der Waals surface area contributed by atoms with Crippen LogP contribution in [0.5, 0.6) is 11.5 Å². The number of methoxy groups -OCH3 is 1. The maximum atomic E-state index is 12.8. The molecule has 0 atom stereocenters. The van der Waals surface area contributed by atoms with Crippen molar-refractivity contribution in [2.45, 2.75) is 25.7 Å². The second-order valence-corrected chi connectivity index (χ2v) is 10.8. The van der Waals surface area contributed by atoms with Crippen molar-refractivity contribution in [1.29, 1.82) is 0 Å². The third-order valence-electron chi connectivity index (χ3n) is 7.98. The van der Waals surface area contributed by atoms with Crippen molar-refractivity contribution in [3.63, 3.8) is 0 Å². The smallest absolute Gasteiger partial charge is 0.246 e. The number of hydrogen-bond acceptors (Lipinski definition) is 7. The molecule has 2 fully saturated rings. The number of carbonyl (C=O) groups is 1. The number of piperazine rings is 1. The summed E-state index contributed by atoms with van der Waals surface area (Å²) in [5.74, 6) is 2.92. The van der Waals surface area contributed by atoms with Gasteiger partial charge in [0.15, 0.2) is 11.5 Å². The molecule has 0 spiro atoms. The molecule has 2 aliphatic rings. The van der Waals surface area contributed by atoms with Crippen LogP contribution in [0.15, 0.2) is 73.1 Å². The number of amides is 1. The van der Waals surface area contributed by atoms with Crippen LogP contribution in [0.25, 0.3) is 6.08 Å². The Labute approximate surface area is 243 Å². The summed E-state index contributed by atoms with van der Waals surface area (Å²) < 4.78 is 11.6. The summed E-state index contributed by atoms with van der Waals surface area (Å²) in [6.07, 6.45) is 11.2. The van der Waals surface area contributed by atoms with Crippen LogP contribution >= 0.6 is 0 Å². The number of rotatable bonds is 11. The SMILES string of the molecule is COc1cc(/C=C/C(=O)N2CCC(Cc3ccccc3)CC2)ccc1OCCCN1CCN(c2ncccn2)CC1. The molecule has 2 aliphatic heterocycles. The molecule has 2 aromatic carbocycles. The maximum absolute atomic E-state index is 12.8. The highest BCUT2D eigenvalue weighted by atomic mass is 16.5. The normalized spacial score (nSPS) is 16.7. The summed E-state index contributed by atoms with van der Waals surface area (Å²) in [6, 6.07) is 18.3.